The van der Waals surface area contributed by atoms with Crippen LogP contribution < -0.4 is 11.1 Å². The highest BCUT2D eigenvalue weighted by molar-refractivity contribution is 5.70. The highest BCUT2D eigenvalue weighted by Crippen LogP contribution is 2.23. The van der Waals surface area contributed by atoms with Gasteiger partial charge in [0.15, 0.2) is 0 Å². The molecule has 0 saturated heterocycles. The third-order valence-corrected chi connectivity index (χ3v) is 2.33. The lowest BCUT2D eigenvalue weighted by molar-refractivity contribution is 1.10. The standard InChI is InChI=1S/C11H14N4/c1-7-3-4-8(2)9(5-7)14-10-6-13-15-11(10)12/h3-6,14H,1-2H3,(H3,12,13,15). The number of H-pyrrole nitrogens is 1. The Labute approximate surface area is 88.5 Å². The number of hydrogen-bond donors (Lipinski definition) is 3. The fraction of sp³-hybridized carbons (Fsp3) is 0.182. The Kier molecular flexibility index (Phi) is 2.33. The molecule has 0 aliphatic carbocycles. The molecule has 78 valence electrons. The van der Waals surface area contributed by atoms with E-state index in [1.165, 1.54) is 11.1 Å². The maximum Gasteiger partial charge on any atom is 0.143 e. The smallest absolute Gasteiger partial charge is 0.143 e. The van der Waals surface area contributed by atoms with E-state index in [9.17, 15) is 0 Å². The summed E-state index contributed by atoms with van der Waals surface area (Å²) in [6.45, 7) is 4.11. The van der Waals surface area contributed by atoms with Crippen molar-refractivity contribution in [2.75, 3.05) is 11.1 Å². The predicted octanol–water partition coefficient (Wildman–Crippen LogP) is 2.35. The molecular formula is C11H14N4. The van der Waals surface area contributed by atoms with Crippen molar-refractivity contribution in [3.8, 4) is 0 Å². The molecule has 15 heavy (non-hydrogen) atoms. The number of hydrogen-bond acceptors (Lipinski definition) is 3. The average molecular weight is 202 g/mol. The number of nitrogens with zero attached hydrogens (tertiary/aromatic N) is 1. The molecule has 4 nitrogen and oxygen atoms in total. The SMILES string of the molecule is Cc1ccc(C)c(Nc2cn[nH]c2N)c1. The molecule has 0 bridgehead atoms. The second-order valence-electron chi connectivity index (χ2n) is 3.64. The van der Waals surface area contributed by atoms with Gasteiger partial charge in [-0.2, -0.15) is 5.10 Å². The first-order valence-electron chi connectivity index (χ1n) is 4.80. The number of nitrogen functional groups attached to an aromatic ring is 1. The molecular weight excluding hydrogens is 188 g/mol. The number of nitrogens with two attached hydrogens (primary N) is 1. The topological polar surface area (TPSA) is 66.7 Å². The van der Waals surface area contributed by atoms with Gasteiger partial charge in [-0.3, -0.25) is 5.10 Å². The van der Waals surface area contributed by atoms with Gasteiger partial charge in [-0.1, -0.05) is 12.1 Å². The van der Waals surface area contributed by atoms with Gasteiger partial charge in [0.1, 0.15) is 11.5 Å². The van der Waals surface area contributed by atoms with Crippen LogP contribution in [0, 0.1) is 13.8 Å². The van der Waals surface area contributed by atoms with Gasteiger partial charge in [0, 0.05) is 5.69 Å². The van der Waals surface area contributed by atoms with Crippen molar-refractivity contribution in [1.29, 1.82) is 0 Å². The van der Waals surface area contributed by atoms with E-state index in [0.29, 0.717) is 5.82 Å². The number of aromatic nitrogens is 2. The normalized spacial score (nSPS) is 10.3. The van der Waals surface area contributed by atoms with Crippen LogP contribution in [-0.2, 0) is 0 Å². The van der Waals surface area contributed by atoms with Crippen LogP contribution in [0.1, 0.15) is 11.1 Å². The molecule has 0 radical (unpaired) electrons. The van der Waals surface area contributed by atoms with Gasteiger partial charge in [-0.05, 0) is 31.0 Å². The molecule has 0 amide bonds. The monoisotopic (exact) mass is 202 g/mol. The van der Waals surface area contributed by atoms with E-state index in [1.54, 1.807) is 6.20 Å². The Bertz CT molecular complexity index is 473. The fourth-order valence-corrected chi connectivity index (χ4v) is 1.41. The van der Waals surface area contributed by atoms with Crippen molar-refractivity contribution in [3.05, 3.63) is 35.5 Å². The summed E-state index contributed by atoms with van der Waals surface area (Å²) in [5, 5.41) is 9.79. The van der Waals surface area contributed by atoms with Crippen molar-refractivity contribution in [2.45, 2.75) is 13.8 Å². The van der Waals surface area contributed by atoms with Crippen molar-refractivity contribution < 1.29 is 0 Å². The van der Waals surface area contributed by atoms with Gasteiger partial charge >= 0.3 is 0 Å². The maximum absolute atomic E-state index is 5.70. The first-order valence-corrected chi connectivity index (χ1v) is 4.80. The second kappa shape index (κ2) is 3.65. The molecule has 0 aliphatic rings. The lowest BCUT2D eigenvalue weighted by atomic mass is 10.1. The Morgan fingerprint density at radius 1 is 1.27 bits per heavy atom. The Hall–Kier alpha value is -1.97. The lowest BCUT2D eigenvalue weighted by Crippen LogP contribution is -1.96. The van der Waals surface area contributed by atoms with E-state index < -0.39 is 0 Å². The molecule has 2 rings (SSSR count). The van der Waals surface area contributed by atoms with Crippen molar-refractivity contribution in [2.24, 2.45) is 0 Å². The van der Waals surface area contributed by atoms with Crippen LogP contribution in [-0.4, -0.2) is 10.2 Å². The maximum atomic E-state index is 5.70. The van der Waals surface area contributed by atoms with Gasteiger partial charge < -0.3 is 11.1 Å². The molecule has 2 aromatic rings. The van der Waals surface area contributed by atoms with E-state index in [-0.39, 0.29) is 0 Å². The van der Waals surface area contributed by atoms with Gasteiger partial charge in [-0.25, -0.2) is 0 Å². The molecule has 0 fully saturated rings. The molecule has 4 N–H and O–H groups in total. The summed E-state index contributed by atoms with van der Waals surface area (Å²) in [6.07, 6.45) is 1.68. The zero-order valence-electron chi connectivity index (χ0n) is 8.83. The molecule has 0 spiro atoms. The summed E-state index contributed by atoms with van der Waals surface area (Å²) < 4.78 is 0. The second-order valence-corrected chi connectivity index (χ2v) is 3.64. The molecule has 1 aromatic carbocycles. The van der Waals surface area contributed by atoms with E-state index >= 15 is 0 Å². The molecule has 1 aromatic heterocycles. The summed E-state index contributed by atoms with van der Waals surface area (Å²) in [7, 11) is 0. The Balaban J connectivity index is 2.32. The minimum absolute atomic E-state index is 0.552. The minimum atomic E-state index is 0.552. The minimum Gasteiger partial charge on any atom is -0.382 e. The molecule has 0 saturated carbocycles. The van der Waals surface area contributed by atoms with Gasteiger partial charge in [0.2, 0.25) is 0 Å². The van der Waals surface area contributed by atoms with E-state index in [2.05, 4.69) is 47.6 Å². The summed E-state index contributed by atoms with van der Waals surface area (Å²) >= 11 is 0. The highest BCUT2D eigenvalue weighted by Gasteiger charge is 2.03. The first-order chi connectivity index (χ1) is 7.16. The zero-order valence-corrected chi connectivity index (χ0v) is 8.83. The number of benzene rings is 1. The van der Waals surface area contributed by atoms with Gasteiger partial charge in [0.25, 0.3) is 0 Å². The first kappa shape index (κ1) is 9.58. The number of aryl methyl sites for hydroxylation is 2. The van der Waals surface area contributed by atoms with Gasteiger partial charge in [0.05, 0.1) is 6.20 Å². The summed E-state index contributed by atoms with van der Waals surface area (Å²) in [6, 6.07) is 6.24. The number of nitrogens with one attached hydrogen (secondary N) is 2. The number of aromatic amines is 1. The molecule has 1 heterocycles. The van der Waals surface area contributed by atoms with E-state index in [0.717, 1.165) is 11.4 Å². The largest absolute Gasteiger partial charge is 0.382 e. The Morgan fingerprint density at radius 3 is 2.73 bits per heavy atom. The third-order valence-electron chi connectivity index (χ3n) is 2.33. The third kappa shape index (κ3) is 1.93. The van der Waals surface area contributed by atoms with Crippen molar-refractivity contribution >= 4 is 17.2 Å². The lowest BCUT2D eigenvalue weighted by Gasteiger charge is -2.09. The van der Waals surface area contributed by atoms with E-state index in [4.69, 9.17) is 5.73 Å². The molecule has 0 unspecified atom stereocenters. The van der Waals surface area contributed by atoms with Crippen LogP contribution >= 0.6 is 0 Å². The van der Waals surface area contributed by atoms with Crippen LogP contribution in [0.3, 0.4) is 0 Å². The molecule has 0 atom stereocenters. The quantitative estimate of drug-likeness (QED) is 0.700. The summed E-state index contributed by atoms with van der Waals surface area (Å²) in [4.78, 5) is 0. The van der Waals surface area contributed by atoms with Crippen molar-refractivity contribution in [1.82, 2.24) is 10.2 Å². The summed E-state index contributed by atoms with van der Waals surface area (Å²) in [5.41, 5.74) is 9.96. The van der Waals surface area contributed by atoms with Crippen LogP contribution in [0.15, 0.2) is 24.4 Å². The molecule has 4 heteroatoms. The predicted molar refractivity (Wildman–Crippen MR) is 62.2 cm³/mol. The van der Waals surface area contributed by atoms with Gasteiger partial charge in [-0.15, -0.1) is 0 Å². The summed E-state index contributed by atoms with van der Waals surface area (Å²) in [5.74, 6) is 0.552. The molecule has 0 aliphatic heterocycles. The van der Waals surface area contributed by atoms with Crippen LogP contribution in [0.4, 0.5) is 17.2 Å². The average Bonchev–Trinajstić information content (AvgIpc) is 2.58. The number of anilines is 3. The van der Waals surface area contributed by atoms with E-state index in [1.807, 2.05) is 0 Å². The highest BCUT2D eigenvalue weighted by atomic mass is 15.2. The van der Waals surface area contributed by atoms with Crippen LogP contribution in [0.2, 0.25) is 0 Å². The zero-order chi connectivity index (χ0) is 10.8. The van der Waals surface area contributed by atoms with Crippen LogP contribution in [0.25, 0.3) is 0 Å². The Morgan fingerprint density at radius 2 is 2.07 bits per heavy atom. The van der Waals surface area contributed by atoms with Crippen molar-refractivity contribution in [3.63, 3.8) is 0 Å². The van der Waals surface area contributed by atoms with Crippen LogP contribution in [0.5, 0.6) is 0 Å². The fourth-order valence-electron chi connectivity index (χ4n) is 1.41. The number of rotatable bonds is 2.